The van der Waals surface area contributed by atoms with Crippen LogP contribution in [0, 0.1) is 0 Å². The zero-order valence-corrected chi connectivity index (χ0v) is 8.59. The van der Waals surface area contributed by atoms with Crippen LogP contribution in [0.2, 0.25) is 0 Å². The third-order valence-electron chi connectivity index (χ3n) is 2.22. The predicted molar refractivity (Wildman–Crippen MR) is 48.7 cm³/mol. The van der Waals surface area contributed by atoms with E-state index in [2.05, 4.69) is 4.84 Å². The third-order valence-corrected chi connectivity index (χ3v) is 2.22. The molecule has 1 aliphatic rings. The Morgan fingerprint density at radius 3 is 2.56 bits per heavy atom. The topological polar surface area (TPSA) is 67.6 Å². The number of hydrogen-bond acceptors (Lipinski definition) is 5. The first-order valence-corrected chi connectivity index (χ1v) is 4.88. The van der Waals surface area contributed by atoms with Crippen LogP contribution in [0.5, 0.6) is 0 Å². The first-order chi connectivity index (χ1) is 7.42. The molecule has 16 heavy (non-hydrogen) atoms. The van der Waals surface area contributed by atoms with E-state index in [1.54, 1.807) is 5.59 Å². The molecule has 0 saturated heterocycles. The van der Waals surface area contributed by atoms with E-state index in [0.717, 1.165) is 12.8 Å². The maximum absolute atomic E-state index is 12.2. The molecule has 1 rings (SSSR count). The Morgan fingerprint density at radius 1 is 1.50 bits per heavy atom. The van der Waals surface area contributed by atoms with Gasteiger partial charge in [-0.15, -0.1) is 0 Å². The first-order valence-electron chi connectivity index (χ1n) is 4.88. The summed E-state index contributed by atoms with van der Waals surface area (Å²) in [4.78, 5) is 16.3. The van der Waals surface area contributed by atoms with E-state index in [-0.39, 0.29) is 19.0 Å². The van der Waals surface area contributed by atoms with Crippen molar-refractivity contribution in [3.8, 4) is 0 Å². The van der Waals surface area contributed by atoms with Crippen LogP contribution in [0.3, 0.4) is 0 Å². The van der Waals surface area contributed by atoms with Gasteiger partial charge in [0.15, 0.2) is 0 Å². The fourth-order valence-corrected chi connectivity index (χ4v) is 1.41. The van der Waals surface area contributed by atoms with E-state index >= 15 is 0 Å². The Bertz CT molecular complexity index is 243. The molecular formula is C8H14F3N3O2. The zero-order chi connectivity index (χ0) is 12.2. The Morgan fingerprint density at radius 2 is 2.12 bits per heavy atom. The standard InChI is InChI=1S/C8H14F3N3O2/c9-8(10,11)5-14(6-1-2-6)4-3-7(15)16-13-12/h6,13H,1-5,12H2. The van der Waals surface area contributed by atoms with Gasteiger partial charge in [0.05, 0.1) is 13.0 Å². The molecular weight excluding hydrogens is 227 g/mol. The summed E-state index contributed by atoms with van der Waals surface area (Å²) in [5.41, 5.74) is 1.69. The lowest BCUT2D eigenvalue weighted by Crippen LogP contribution is -2.38. The van der Waals surface area contributed by atoms with Gasteiger partial charge in [-0.05, 0) is 12.8 Å². The van der Waals surface area contributed by atoms with Crippen LogP contribution in [-0.2, 0) is 9.63 Å². The lowest BCUT2D eigenvalue weighted by Gasteiger charge is -2.22. The van der Waals surface area contributed by atoms with E-state index < -0.39 is 18.7 Å². The summed E-state index contributed by atoms with van der Waals surface area (Å²) in [6, 6.07) is -0.0553. The molecule has 0 atom stereocenters. The number of nitrogens with two attached hydrogens (primary N) is 1. The average molecular weight is 241 g/mol. The van der Waals surface area contributed by atoms with Crippen LogP contribution < -0.4 is 11.4 Å². The van der Waals surface area contributed by atoms with Crippen molar-refractivity contribution in [1.82, 2.24) is 10.5 Å². The van der Waals surface area contributed by atoms with Crippen LogP contribution >= 0.6 is 0 Å². The zero-order valence-electron chi connectivity index (χ0n) is 8.59. The first kappa shape index (κ1) is 13.2. The summed E-state index contributed by atoms with van der Waals surface area (Å²) in [5.74, 6) is 4.05. The minimum absolute atomic E-state index is 0.0324. The van der Waals surface area contributed by atoms with Crippen LogP contribution in [0.25, 0.3) is 0 Å². The lowest BCUT2D eigenvalue weighted by atomic mass is 10.3. The van der Waals surface area contributed by atoms with Gasteiger partial charge in [0, 0.05) is 12.6 Å². The molecule has 5 nitrogen and oxygen atoms in total. The maximum Gasteiger partial charge on any atom is 0.401 e. The molecule has 1 fully saturated rings. The number of nitrogens with zero attached hydrogens (tertiary/aromatic N) is 1. The van der Waals surface area contributed by atoms with Crippen molar-refractivity contribution >= 4 is 5.97 Å². The molecule has 0 aromatic rings. The lowest BCUT2D eigenvalue weighted by molar-refractivity contribution is -0.157. The Hall–Kier alpha value is -0.860. The van der Waals surface area contributed by atoms with Crippen molar-refractivity contribution in [2.75, 3.05) is 13.1 Å². The molecule has 0 bridgehead atoms. The fourth-order valence-electron chi connectivity index (χ4n) is 1.41. The Labute approximate surface area is 90.6 Å². The van der Waals surface area contributed by atoms with Crippen molar-refractivity contribution in [2.45, 2.75) is 31.5 Å². The molecule has 0 unspecified atom stereocenters. The number of carbonyl (C=O) groups excluding carboxylic acids is 1. The van der Waals surface area contributed by atoms with Crippen LogP contribution in [0.1, 0.15) is 19.3 Å². The van der Waals surface area contributed by atoms with Gasteiger partial charge < -0.3 is 4.84 Å². The molecule has 1 saturated carbocycles. The van der Waals surface area contributed by atoms with Gasteiger partial charge in [-0.2, -0.15) is 13.2 Å². The van der Waals surface area contributed by atoms with Crippen LogP contribution in [0.15, 0.2) is 0 Å². The molecule has 0 spiro atoms. The second-order valence-electron chi connectivity index (χ2n) is 3.66. The summed E-state index contributed by atoms with van der Waals surface area (Å²) in [5, 5.41) is 0. The van der Waals surface area contributed by atoms with E-state index in [0.29, 0.717) is 0 Å². The number of nitrogens with one attached hydrogen (secondary N) is 1. The number of hydrazine groups is 1. The van der Waals surface area contributed by atoms with Crippen molar-refractivity contribution in [1.29, 1.82) is 0 Å². The van der Waals surface area contributed by atoms with Gasteiger partial charge in [-0.1, -0.05) is 5.59 Å². The molecule has 0 heterocycles. The summed E-state index contributed by atoms with van der Waals surface area (Å²) >= 11 is 0. The monoisotopic (exact) mass is 241 g/mol. The van der Waals surface area contributed by atoms with E-state index in [1.165, 1.54) is 4.90 Å². The van der Waals surface area contributed by atoms with Crippen molar-refractivity contribution < 1.29 is 22.8 Å². The van der Waals surface area contributed by atoms with E-state index in [4.69, 9.17) is 5.84 Å². The number of rotatable bonds is 6. The molecule has 0 radical (unpaired) electrons. The van der Waals surface area contributed by atoms with Gasteiger partial charge in [0.1, 0.15) is 0 Å². The minimum atomic E-state index is -4.24. The van der Waals surface area contributed by atoms with Gasteiger partial charge in [-0.3, -0.25) is 9.69 Å². The predicted octanol–water partition coefficient (Wildman–Crippen LogP) is 0.325. The van der Waals surface area contributed by atoms with Crippen molar-refractivity contribution in [2.24, 2.45) is 5.84 Å². The molecule has 94 valence electrons. The van der Waals surface area contributed by atoms with Gasteiger partial charge in [0.25, 0.3) is 0 Å². The number of alkyl halides is 3. The second-order valence-corrected chi connectivity index (χ2v) is 3.66. The number of carbonyl (C=O) groups is 1. The van der Waals surface area contributed by atoms with Gasteiger partial charge in [0.2, 0.25) is 0 Å². The van der Waals surface area contributed by atoms with Crippen molar-refractivity contribution in [3.05, 3.63) is 0 Å². The number of halogens is 3. The quantitative estimate of drug-likeness (QED) is 0.518. The second kappa shape index (κ2) is 5.46. The van der Waals surface area contributed by atoms with E-state index in [9.17, 15) is 18.0 Å². The van der Waals surface area contributed by atoms with Gasteiger partial charge >= 0.3 is 12.1 Å². The van der Waals surface area contributed by atoms with Crippen LogP contribution in [0.4, 0.5) is 13.2 Å². The molecule has 0 amide bonds. The Kier molecular flexibility index (Phi) is 4.51. The average Bonchev–Trinajstić information content (AvgIpc) is 2.94. The highest BCUT2D eigenvalue weighted by atomic mass is 19.4. The summed E-state index contributed by atoms with van der Waals surface area (Å²) in [7, 11) is 0. The summed E-state index contributed by atoms with van der Waals surface area (Å²) in [6.45, 7) is -0.953. The smallest absolute Gasteiger partial charge is 0.356 e. The fraction of sp³-hybridized carbons (Fsp3) is 0.875. The Balaban J connectivity index is 2.31. The SMILES string of the molecule is NNOC(=O)CCN(CC(F)(F)F)C1CC1. The largest absolute Gasteiger partial charge is 0.401 e. The molecule has 8 heteroatoms. The molecule has 1 aliphatic carbocycles. The highest BCUT2D eigenvalue weighted by Crippen LogP contribution is 2.30. The summed E-state index contributed by atoms with van der Waals surface area (Å²) in [6.07, 6.45) is -2.85. The number of hydrogen-bond donors (Lipinski definition) is 2. The molecule has 0 aliphatic heterocycles. The summed E-state index contributed by atoms with van der Waals surface area (Å²) < 4.78 is 36.5. The van der Waals surface area contributed by atoms with Gasteiger partial charge in [-0.25, -0.2) is 5.84 Å². The molecule has 0 aromatic carbocycles. The third kappa shape index (κ3) is 5.29. The van der Waals surface area contributed by atoms with Crippen LogP contribution in [-0.4, -0.2) is 36.2 Å². The minimum Gasteiger partial charge on any atom is -0.356 e. The molecule has 0 aromatic heterocycles. The normalized spacial score (nSPS) is 16.6. The van der Waals surface area contributed by atoms with E-state index in [1.807, 2.05) is 0 Å². The molecule has 3 N–H and O–H groups in total. The highest BCUT2D eigenvalue weighted by Gasteiger charge is 2.37. The highest BCUT2D eigenvalue weighted by molar-refractivity contribution is 5.69. The maximum atomic E-state index is 12.2. The van der Waals surface area contributed by atoms with Crippen molar-refractivity contribution in [3.63, 3.8) is 0 Å².